The molecule has 0 saturated carbocycles. The summed E-state index contributed by atoms with van der Waals surface area (Å²) in [4.78, 5) is 24.5. The van der Waals surface area contributed by atoms with Crippen molar-refractivity contribution < 1.29 is 9.59 Å². The molecule has 35 heavy (non-hydrogen) atoms. The number of carbonyl (C=O) groups is 1. The van der Waals surface area contributed by atoms with Crippen LogP contribution in [0.5, 0.6) is 0 Å². The normalized spacial score (nSPS) is 11.9. The van der Waals surface area contributed by atoms with E-state index in [2.05, 4.69) is 60.9 Å². The van der Waals surface area contributed by atoms with Crippen molar-refractivity contribution in [3.05, 3.63) is 90.5 Å². The Bertz CT molecular complexity index is 997. The molecule has 0 aliphatic carbocycles. The molecule has 5 heteroatoms. The Kier molecular flexibility index (Phi) is 9.84. The van der Waals surface area contributed by atoms with Crippen molar-refractivity contribution in [2.75, 3.05) is 18.9 Å². The fourth-order valence-corrected chi connectivity index (χ4v) is 8.42. The Hall–Kier alpha value is -2.73. The molecular formula is C30H40N2O2Si. The van der Waals surface area contributed by atoms with Crippen LogP contribution in [0.25, 0.3) is 0 Å². The third kappa shape index (κ3) is 7.13. The number of hydrogen-bond acceptors (Lipinski definition) is 3. The number of rotatable bonds is 13. The van der Waals surface area contributed by atoms with E-state index in [-0.39, 0.29) is 10.9 Å². The van der Waals surface area contributed by atoms with E-state index in [0.29, 0.717) is 6.42 Å². The molecule has 0 fully saturated rings. The Morgan fingerprint density at radius 3 is 1.94 bits per heavy atom. The Morgan fingerprint density at radius 2 is 1.40 bits per heavy atom. The summed E-state index contributed by atoms with van der Waals surface area (Å²) in [7, 11) is -1.05. The van der Waals surface area contributed by atoms with E-state index >= 15 is 0 Å². The molecule has 0 aliphatic rings. The van der Waals surface area contributed by atoms with Gasteiger partial charge in [-0.25, -0.2) is 0 Å². The second-order valence-electron chi connectivity index (χ2n) is 9.99. The van der Waals surface area contributed by atoms with E-state index in [1.54, 1.807) is 0 Å². The molecule has 0 radical (unpaired) electrons. The lowest BCUT2D eigenvalue weighted by Crippen LogP contribution is -2.65. The first-order valence-corrected chi connectivity index (χ1v) is 14.7. The number of hydrogen-bond donors (Lipinski definition) is 3. The lowest BCUT2D eigenvalue weighted by atomic mass is 10.0. The van der Waals surface area contributed by atoms with Crippen LogP contribution in [0, 0.1) is 0 Å². The maximum Gasteiger partial charge on any atom is 0.258 e. The fourth-order valence-electron chi connectivity index (χ4n) is 4.69. The summed E-state index contributed by atoms with van der Waals surface area (Å²) in [6.07, 6.45) is 5.35. The maximum absolute atomic E-state index is 12.3. The molecule has 0 aromatic heterocycles. The van der Waals surface area contributed by atoms with Gasteiger partial charge in [-0.15, -0.1) is 0 Å². The topological polar surface area (TPSA) is 61.4 Å². The zero-order valence-electron chi connectivity index (χ0n) is 21.4. The van der Waals surface area contributed by atoms with E-state index in [1.807, 2.05) is 55.6 Å². The number of anilines is 1. The molecule has 0 atom stereocenters. The monoisotopic (exact) mass is 488 g/mol. The minimum atomic E-state index is -3.00. The van der Waals surface area contributed by atoms with Gasteiger partial charge in [-0.1, -0.05) is 93.1 Å². The van der Waals surface area contributed by atoms with Crippen LogP contribution >= 0.6 is 0 Å². The Labute approximate surface area is 211 Å². The van der Waals surface area contributed by atoms with E-state index < -0.39 is 8.32 Å². The van der Waals surface area contributed by atoms with Crippen LogP contribution in [0.15, 0.2) is 84.9 Å². The SMILES string of the molecule is CNCCCCCC(=O)Nc1ccc(CCC(C)(C)[Si](O)(c2ccccc2)c2ccccc2)cc1. The smallest absolute Gasteiger partial charge is 0.258 e. The van der Waals surface area contributed by atoms with Gasteiger partial charge in [0.2, 0.25) is 5.91 Å². The average molecular weight is 489 g/mol. The van der Waals surface area contributed by atoms with Gasteiger partial charge in [0.1, 0.15) is 0 Å². The molecule has 0 aliphatic heterocycles. The Morgan fingerprint density at radius 1 is 0.829 bits per heavy atom. The molecule has 0 heterocycles. The van der Waals surface area contributed by atoms with Crippen molar-refractivity contribution in [3.8, 4) is 0 Å². The molecule has 186 valence electrons. The predicted octanol–water partition coefficient (Wildman–Crippen LogP) is 4.87. The van der Waals surface area contributed by atoms with Crippen LogP contribution in [0.4, 0.5) is 5.69 Å². The highest BCUT2D eigenvalue weighted by molar-refractivity contribution is 6.98. The lowest BCUT2D eigenvalue weighted by molar-refractivity contribution is -0.116. The zero-order valence-corrected chi connectivity index (χ0v) is 22.4. The maximum atomic E-state index is 12.3. The average Bonchev–Trinajstić information content (AvgIpc) is 2.88. The summed E-state index contributed by atoms with van der Waals surface area (Å²) in [5.41, 5.74) is 2.05. The van der Waals surface area contributed by atoms with Gasteiger partial charge in [0, 0.05) is 12.1 Å². The number of unbranched alkanes of at least 4 members (excludes halogenated alkanes) is 2. The third-order valence-corrected chi connectivity index (χ3v) is 11.5. The molecule has 3 aromatic carbocycles. The van der Waals surface area contributed by atoms with Gasteiger partial charge >= 0.3 is 0 Å². The van der Waals surface area contributed by atoms with Gasteiger partial charge in [-0.3, -0.25) is 4.79 Å². The van der Waals surface area contributed by atoms with Gasteiger partial charge in [0.05, 0.1) is 0 Å². The van der Waals surface area contributed by atoms with E-state index in [9.17, 15) is 9.59 Å². The zero-order chi connectivity index (χ0) is 25.2. The number of benzene rings is 3. The van der Waals surface area contributed by atoms with Crippen LogP contribution < -0.4 is 21.0 Å². The second kappa shape index (κ2) is 12.8. The van der Waals surface area contributed by atoms with Crippen molar-refractivity contribution >= 4 is 30.3 Å². The summed E-state index contributed by atoms with van der Waals surface area (Å²) < 4.78 is 0. The molecule has 3 rings (SSSR count). The van der Waals surface area contributed by atoms with Gasteiger partial charge in [-0.2, -0.15) is 0 Å². The summed E-state index contributed by atoms with van der Waals surface area (Å²) in [5, 5.41) is 7.95. The number of carbonyl (C=O) groups excluding carboxylic acids is 1. The molecule has 1 amide bonds. The van der Waals surface area contributed by atoms with Crippen LogP contribution in [0.1, 0.15) is 51.5 Å². The van der Waals surface area contributed by atoms with E-state index in [1.165, 1.54) is 5.56 Å². The second-order valence-corrected chi connectivity index (χ2v) is 13.9. The van der Waals surface area contributed by atoms with Crippen molar-refractivity contribution in [2.45, 2.75) is 57.4 Å². The van der Waals surface area contributed by atoms with Crippen molar-refractivity contribution in [2.24, 2.45) is 0 Å². The lowest BCUT2D eigenvalue weighted by Gasteiger charge is -2.41. The molecule has 3 aromatic rings. The number of nitrogens with one attached hydrogen (secondary N) is 2. The van der Waals surface area contributed by atoms with Crippen molar-refractivity contribution in [1.82, 2.24) is 5.32 Å². The standard InChI is InChI=1S/C30H40N2O2Si/c1-30(2,35(34,27-13-7-4-8-14-27)28-15-9-5-10-16-28)23-22-25-18-20-26(21-19-25)32-29(33)17-11-6-12-24-31-3/h4-5,7-10,13-16,18-21,31,34H,6,11-12,17,22-24H2,1-3H3,(H,32,33). The molecular weight excluding hydrogens is 448 g/mol. The largest absolute Gasteiger partial charge is 0.424 e. The minimum Gasteiger partial charge on any atom is -0.424 e. The van der Waals surface area contributed by atoms with Crippen molar-refractivity contribution in [3.63, 3.8) is 0 Å². The molecule has 0 spiro atoms. The van der Waals surface area contributed by atoms with Crippen LogP contribution in [-0.4, -0.2) is 32.6 Å². The summed E-state index contributed by atoms with van der Waals surface area (Å²) in [5.74, 6) is 0.0742. The summed E-state index contributed by atoms with van der Waals surface area (Å²) in [6.45, 7) is 5.39. The third-order valence-electron chi connectivity index (χ3n) is 6.97. The molecule has 0 saturated heterocycles. The highest BCUT2D eigenvalue weighted by Crippen LogP contribution is 2.39. The summed E-state index contributed by atoms with van der Waals surface area (Å²) in [6, 6.07) is 28.5. The van der Waals surface area contributed by atoms with Crippen LogP contribution in [0.2, 0.25) is 5.04 Å². The fraction of sp³-hybridized carbons (Fsp3) is 0.367. The van der Waals surface area contributed by atoms with Gasteiger partial charge < -0.3 is 15.4 Å². The molecule has 4 nitrogen and oxygen atoms in total. The first kappa shape index (κ1) is 26.9. The summed E-state index contributed by atoms with van der Waals surface area (Å²) >= 11 is 0. The van der Waals surface area contributed by atoms with Crippen LogP contribution in [0.3, 0.4) is 0 Å². The number of amides is 1. The first-order valence-electron chi connectivity index (χ1n) is 12.7. The quantitative estimate of drug-likeness (QED) is 0.238. The minimum absolute atomic E-state index is 0.0742. The van der Waals surface area contributed by atoms with Crippen LogP contribution in [-0.2, 0) is 11.2 Å². The highest BCUT2D eigenvalue weighted by Gasteiger charge is 2.49. The Balaban J connectivity index is 1.64. The van der Waals surface area contributed by atoms with Gasteiger partial charge in [0.25, 0.3) is 8.32 Å². The van der Waals surface area contributed by atoms with E-state index in [4.69, 9.17) is 0 Å². The highest BCUT2D eigenvalue weighted by atomic mass is 28.4. The molecule has 0 bridgehead atoms. The van der Waals surface area contributed by atoms with Gasteiger partial charge in [-0.05, 0) is 72.4 Å². The first-order chi connectivity index (χ1) is 16.9. The molecule has 3 N–H and O–H groups in total. The number of aryl methyl sites for hydroxylation is 1. The van der Waals surface area contributed by atoms with Crippen molar-refractivity contribution in [1.29, 1.82) is 0 Å². The van der Waals surface area contributed by atoms with Gasteiger partial charge in [0.15, 0.2) is 0 Å². The predicted molar refractivity (Wildman–Crippen MR) is 150 cm³/mol. The van der Waals surface area contributed by atoms with E-state index in [0.717, 1.165) is 54.7 Å². The molecule has 0 unspecified atom stereocenters.